The van der Waals surface area contributed by atoms with E-state index in [1.807, 2.05) is 0 Å². The van der Waals surface area contributed by atoms with Crippen molar-refractivity contribution in [2.45, 2.75) is 19.4 Å². The first-order chi connectivity index (χ1) is 6.04. The van der Waals surface area contributed by atoms with Crippen LogP contribution in [0.2, 0.25) is 0 Å². The molecule has 1 unspecified atom stereocenters. The Balaban J connectivity index is 3.26. The number of hydrogen-bond donors (Lipinski definition) is 2. The fourth-order valence-corrected chi connectivity index (χ4v) is 0.617. The van der Waals surface area contributed by atoms with E-state index in [1.165, 1.54) is 6.92 Å². The molecule has 0 saturated carbocycles. The first-order valence-electron chi connectivity index (χ1n) is 3.77. The number of carboxylic acids is 1. The van der Waals surface area contributed by atoms with E-state index in [1.54, 1.807) is 0 Å². The van der Waals surface area contributed by atoms with Gasteiger partial charge in [-0.05, 0) is 19.9 Å². The minimum absolute atomic E-state index is 0.0215. The van der Waals surface area contributed by atoms with Crippen LogP contribution in [0.25, 0.3) is 0 Å². The molecule has 0 fully saturated rings. The van der Waals surface area contributed by atoms with Crippen LogP contribution < -0.4 is 5.32 Å². The number of nitrogens with one attached hydrogen (secondary N) is 1. The Hall–Kier alpha value is -1.37. The minimum Gasteiger partial charge on any atom is -0.480 e. The van der Waals surface area contributed by atoms with E-state index in [0.717, 1.165) is 0 Å². The van der Waals surface area contributed by atoms with Gasteiger partial charge in [-0.2, -0.15) is 0 Å². The van der Waals surface area contributed by atoms with Crippen LogP contribution >= 0.6 is 0 Å². The van der Waals surface area contributed by atoms with Crippen molar-refractivity contribution in [3.8, 4) is 0 Å². The highest BCUT2D eigenvalue weighted by molar-refractivity contribution is 5.72. The predicted octanol–water partition coefficient (Wildman–Crippen LogP) is -0.353. The molecule has 7 nitrogen and oxygen atoms in total. The number of aliphatic carboxylic acids is 1. The maximum absolute atomic E-state index is 10.3. The van der Waals surface area contributed by atoms with Crippen molar-refractivity contribution in [1.82, 2.24) is 5.32 Å². The quantitative estimate of drug-likeness (QED) is 0.324. The first kappa shape index (κ1) is 11.6. The highest BCUT2D eigenvalue weighted by atomic mass is 16.9. The topological polar surface area (TPSA) is 102 Å². The van der Waals surface area contributed by atoms with Crippen molar-refractivity contribution in [2.75, 3.05) is 13.2 Å². The van der Waals surface area contributed by atoms with Gasteiger partial charge in [0, 0.05) is 0 Å². The number of rotatable bonds is 7. The first-order valence-corrected chi connectivity index (χ1v) is 3.77. The minimum atomic E-state index is -0.949. The Morgan fingerprint density at radius 3 is 2.85 bits per heavy atom. The van der Waals surface area contributed by atoms with Gasteiger partial charge in [0.1, 0.15) is 6.04 Å². The van der Waals surface area contributed by atoms with Crippen LogP contribution in [-0.4, -0.2) is 35.4 Å². The zero-order chi connectivity index (χ0) is 10.3. The van der Waals surface area contributed by atoms with Crippen LogP contribution in [0.5, 0.6) is 0 Å². The van der Waals surface area contributed by atoms with Gasteiger partial charge < -0.3 is 15.3 Å². The second kappa shape index (κ2) is 6.18. The monoisotopic (exact) mass is 192 g/mol. The average Bonchev–Trinajstić information content (AvgIpc) is 2.02. The van der Waals surface area contributed by atoms with Gasteiger partial charge in [-0.25, -0.2) is 0 Å². The van der Waals surface area contributed by atoms with Crippen LogP contribution in [0.3, 0.4) is 0 Å². The third-order valence-corrected chi connectivity index (χ3v) is 1.34. The molecule has 0 aromatic heterocycles. The summed E-state index contributed by atoms with van der Waals surface area (Å²) in [5.74, 6) is -0.949. The van der Waals surface area contributed by atoms with Gasteiger partial charge in [-0.3, -0.25) is 4.79 Å². The molecule has 0 rings (SSSR count). The molecule has 0 heterocycles. The summed E-state index contributed by atoms with van der Waals surface area (Å²) < 4.78 is 0. The highest BCUT2D eigenvalue weighted by Crippen LogP contribution is 1.84. The van der Waals surface area contributed by atoms with Crippen molar-refractivity contribution in [1.29, 1.82) is 0 Å². The van der Waals surface area contributed by atoms with E-state index in [0.29, 0.717) is 13.0 Å². The van der Waals surface area contributed by atoms with Gasteiger partial charge in [-0.15, -0.1) is 10.1 Å². The van der Waals surface area contributed by atoms with Crippen LogP contribution in [-0.2, 0) is 9.63 Å². The number of carbonyl (C=O) groups is 1. The molecular formula is C6H12N2O5. The SMILES string of the molecule is CC(NCCCO[N+](=O)[O-])C(=O)O. The summed E-state index contributed by atoms with van der Waals surface area (Å²) >= 11 is 0. The van der Waals surface area contributed by atoms with E-state index >= 15 is 0 Å². The smallest absolute Gasteiger partial charge is 0.320 e. The van der Waals surface area contributed by atoms with Gasteiger partial charge in [0.25, 0.3) is 5.09 Å². The standard InChI is InChI=1S/C6H12N2O5/c1-5(6(9)10)7-3-2-4-13-8(11)12/h5,7H,2-4H2,1H3,(H,9,10). The lowest BCUT2D eigenvalue weighted by Gasteiger charge is -2.07. The molecule has 0 bridgehead atoms. The molecule has 76 valence electrons. The number of carboxylic acid groups (broad SMARTS) is 1. The van der Waals surface area contributed by atoms with E-state index in [9.17, 15) is 14.9 Å². The van der Waals surface area contributed by atoms with Crippen molar-refractivity contribution < 1.29 is 19.8 Å². The Kier molecular flexibility index (Phi) is 5.53. The summed E-state index contributed by atoms with van der Waals surface area (Å²) in [7, 11) is 0. The Bertz CT molecular complexity index is 184. The molecule has 1 atom stereocenters. The summed E-state index contributed by atoms with van der Waals surface area (Å²) in [4.78, 5) is 24.0. The predicted molar refractivity (Wildman–Crippen MR) is 42.7 cm³/mol. The molecule has 13 heavy (non-hydrogen) atoms. The molecule has 7 heteroatoms. The fourth-order valence-electron chi connectivity index (χ4n) is 0.617. The van der Waals surface area contributed by atoms with Gasteiger partial charge >= 0.3 is 5.97 Å². The van der Waals surface area contributed by atoms with Gasteiger partial charge in [-0.1, -0.05) is 0 Å². The number of nitrogens with zero attached hydrogens (tertiary/aromatic N) is 1. The van der Waals surface area contributed by atoms with Crippen molar-refractivity contribution >= 4 is 5.97 Å². The molecular weight excluding hydrogens is 180 g/mol. The largest absolute Gasteiger partial charge is 0.480 e. The van der Waals surface area contributed by atoms with Crippen molar-refractivity contribution in [3.63, 3.8) is 0 Å². The molecule has 0 aliphatic carbocycles. The second-order valence-electron chi connectivity index (χ2n) is 2.42. The summed E-state index contributed by atoms with van der Waals surface area (Å²) in [5, 5.41) is 19.9. The lowest BCUT2D eigenvalue weighted by Crippen LogP contribution is -2.34. The third-order valence-electron chi connectivity index (χ3n) is 1.34. The summed E-state index contributed by atoms with van der Waals surface area (Å²) in [6, 6.07) is -0.643. The summed E-state index contributed by atoms with van der Waals surface area (Å²) in [5.41, 5.74) is 0. The Labute approximate surface area is 74.8 Å². The lowest BCUT2D eigenvalue weighted by molar-refractivity contribution is -0.757. The van der Waals surface area contributed by atoms with Crippen LogP contribution in [0.4, 0.5) is 0 Å². The normalized spacial score (nSPS) is 12.1. The highest BCUT2D eigenvalue weighted by Gasteiger charge is 2.08. The molecule has 0 radical (unpaired) electrons. The van der Waals surface area contributed by atoms with Crippen molar-refractivity contribution in [2.24, 2.45) is 0 Å². The molecule has 0 spiro atoms. The molecule has 0 aliphatic rings. The molecule has 0 amide bonds. The average molecular weight is 192 g/mol. The van der Waals surface area contributed by atoms with Crippen LogP contribution in [0.1, 0.15) is 13.3 Å². The second-order valence-corrected chi connectivity index (χ2v) is 2.42. The molecule has 0 aliphatic heterocycles. The maximum atomic E-state index is 10.3. The van der Waals surface area contributed by atoms with Crippen molar-refractivity contribution in [3.05, 3.63) is 10.1 Å². The summed E-state index contributed by atoms with van der Waals surface area (Å²) in [6.07, 6.45) is 0.401. The lowest BCUT2D eigenvalue weighted by atomic mass is 10.3. The van der Waals surface area contributed by atoms with Crippen LogP contribution in [0, 0.1) is 10.1 Å². The van der Waals surface area contributed by atoms with Gasteiger partial charge in [0.2, 0.25) is 0 Å². The Morgan fingerprint density at radius 2 is 2.38 bits per heavy atom. The van der Waals surface area contributed by atoms with E-state index in [4.69, 9.17) is 5.11 Å². The fraction of sp³-hybridized carbons (Fsp3) is 0.833. The molecule has 0 aromatic carbocycles. The maximum Gasteiger partial charge on any atom is 0.320 e. The number of hydrogen-bond acceptors (Lipinski definition) is 5. The van der Waals surface area contributed by atoms with Crippen LogP contribution in [0.15, 0.2) is 0 Å². The summed E-state index contributed by atoms with van der Waals surface area (Å²) in [6.45, 7) is 1.85. The molecule has 0 saturated heterocycles. The zero-order valence-electron chi connectivity index (χ0n) is 7.23. The van der Waals surface area contributed by atoms with E-state index in [2.05, 4.69) is 10.2 Å². The Morgan fingerprint density at radius 1 is 1.77 bits per heavy atom. The van der Waals surface area contributed by atoms with E-state index < -0.39 is 17.1 Å². The van der Waals surface area contributed by atoms with Gasteiger partial charge in [0.15, 0.2) is 0 Å². The zero-order valence-corrected chi connectivity index (χ0v) is 7.23. The van der Waals surface area contributed by atoms with E-state index in [-0.39, 0.29) is 6.61 Å². The third kappa shape index (κ3) is 7.01. The van der Waals surface area contributed by atoms with Gasteiger partial charge in [0.05, 0.1) is 6.61 Å². The molecule has 0 aromatic rings. The molecule has 2 N–H and O–H groups in total.